The molecular weight excluding hydrogens is 300 g/mol. The fourth-order valence-corrected chi connectivity index (χ4v) is 2.73. The van der Waals surface area contributed by atoms with Gasteiger partial charge in [-0.2, -0.15) is 0 Å². The minimum atomic E-state index is 0. The van der Waals surface area contributed by atoms with Gasteiger partial charge in [0.05, 0.1) is 13.0 Å². The van der Waals surface area contributed by atoms with E-state index >= 15 is 0 Å². The molecule has 1 amide bonds. The zero-order valence-corrected chi connectivity index (χ0v) is 14.5. The Labute approximate surface area is 139 Å². The Morgan fingerprint density at radius 2 is 2.14 bits per heavy atom. The lowest BCUT2D eigenvalue weighted by Crippen LogP contribution is -2.31. The third-order valence-corrected chi connectivity index (χ3v) is 4.19. The van der Waals surface area contributed by atoms with Gasteiger partial charge < -0.3 is 15.0 Å². The molecule has 22 heavy (non-hydrogen) atoms. The van der Waals surface area contributed by atoms with E-state index in [2.05, 4.69) is 25.2 Å². The second-order valence-electron chi connectivity index (χ2n) is 5.90. The monoisotopic (exact) mass is 326 g/mol. The summed E-state index contributed by atoms with van der Waals surface area (Å²) in [5.74, 6) is 1.65. The van der Waals surface area contributed by atoms with Gasteiger partial charge in [-0.05, 0) is 63.0 Å². The van der Waals surface area contributed by atoms with Crippen LogP contribution in [-0.4, -0.2) is 44.1 Å². The molecule has 2 rings (SSSR count). The molecule has 1 aliphatic heterocycles. The third kappa shape index (κ3) is 5.18. The molecule has 0 aliphatic carbocycles. The largest absolute Gasteiger partial charge is 0.493 e. The Kier molecular flexibility index (Phi) is 7.69. The quantitative estimate of drug-likeness (QED) is 0.873. The highest BCUT2D eigenvalue weighted by molar-refractivity contribution is 5.85. The molecule has 1 fully saturated rings. The molecule has 1 aromatic rings. The van der Waals surface area contributed by atoms with Crippen molar-refractivity contribution >= 4 is 18.3 Å². The van der Waals surface area contributed by atoms with Crippen LogP contribution in [0.4, 0.5) is 0 Å². The van der Waals surface area contributed by atoms with Gasteiger partial charge in [0.15, 0.2) is 0 Å². The lowest BCUT2D eigenvalue weighted by atomic mass is 10.1. The number of benzene rings is 1. The van der Waals surface area contributed by atoms with Crippen LogP contribution in [0.3, 0.4) is 0 Å². The van der Waals surface area contributed by atoms with Crippen LogP contribution in [0, 0.1) is 19.8 Å². The number of hydrogen-bond donors (Lipinski definition) is 1. The number of nitrogens with zero attached hydrogens (tertiary/aromatic N) is 1. The van der Waals surface area contributed by atoms with E-state index in [0.717, 1.165) is 31.8 Å². The number of carbonyl (C=O) groups excluding carboxylic acids is 1. The topological polar surface area (TPSA) is 41.6 Å². The highest BCUT2D eigenvalue weighted by Crippen LogP contribution is 2.18. The van der Waals surface area contributed by atoms with Crippen LogP contribution in [0.25, 0.3) is 0 Å². The molecule has 0 aromatic heterocycles. The Morgan fingerprint density at radius 3 is 2.82 bits per heavy atom. The molecule has 1 atom stereocenters. The zero-order chi connectivity index (χ0) is 15.2. The number of carbonyl (C=O) groups is 1. The van der Waals surface area contributed by atoms with Crippen LogP contribution in [0.2, 0.25) is 0 Å². The van der Waals surface area contributed by atoms with E-state index in [9.17, 15) is 4.79 Å². The van der Waals surface area contributed by atoms with Gasteiger partial charge in [0.25, 0.3) is 0 Å². The van der Waals surface area contributed by atoms with Crippen LogP contribution in [0.5, 0.6) is 5.75 Å². The molecule has 1 N–H and O–H groups in total. The molecule has 1 unspecified atom stereocenters. The second-order valence-corrected chi connectivity index (χ2v) is 5.90. The normalized spacial score (nSPS) is 17.2. The van der Waals surface area contributed by atoms with E-state index in [1.807, 2.05) is 24.1 Å². The summed E-state index contributed by atoms with van der Waals surface area (Å²) in [6.07, 6.45) is 1.56. The van der Waals surface area contributed by atoms with Gasteiger partial charge in [-0.15, -0.1) is 12.4 Å². The minimum Gasteiger partial charge on any atom is -0.493 e. The average Bonchev–Trinajstić information content (AvgIpc) is 2.92. The van der Waals surface area contributed by atoms with Crippen molar-refractivity contribution in [1.82, 2.24) is 10.2 Å². The molecule has 5 heteroatoms. The number of halogens is 1. The van der Waals surface area contributed by atoms with E-state index in [1.54, 1.807) is 0 Å². The highest BCUT2D eigenvalue weighted by atomic mass is 35.5. The summed E-state index contributed by atoms with van der Waals surface area (Å²) >= 11 is 0. The zero-order valence-electron chi connectivity index (χ0n) is 13.7. The van der Waals surface area contributed by atoms with Gasteiger partial charge in [-0.25, -0.2) is 0 Å². The molecule has 1 heterocycles. The average molecular weight is 327 g/mol. The molecule has 4 nitrogen and oxygen atoms in total. The first-order chi connectivity index (χ1) is 10.1. The van der Waals surface area contributed by atoms with Crippen LogP contribution < -0.4 is 10.1 Å². The first-order valence-electron chi connectivity index (χ1n) is 7.72. The van der Waals surface area contributed by atoms with Gasteiger partial charge in [0, 0.05) is 13.1 Å². The van der Waals surface area contributed by atoms with E-state index < -0.39 is 0 Å². The molecule has 1 aliphatic rings. The van der Waals surface area contributed by atoms with Crippen molar-refractivity contribution in [2.24, 2.45) is 5.92 Å². The van der Waals surface area contributed by atoms with Gasteiger partial charge >= 0.3 is 0 Å². The SMILES string of the molecule is CNCC1CCN(C(=O)CCOc2ccc(C)c(C)c2)C1.Cl. The molecule has 0 bridgehead atoms. The Bertz CT molecular complexity index is 494. The molecule has 0 spiro atoms. The predicted octanol–water partition coefficient (Wildman–Crippen LogP) is 2.56. The first-order valence-corrected chi connectivity index (χ1v) is 7.72. The molecule has 0 saturated carbocycles. The summed E-state index contributed by atoms with van der Waals surface area (Å²) in [5, 5.41) is 3.18. The summed E-state index contributed by atoms with van der Waals surface area (Å²) < 4.78 is 5.69. The number of ether oxygens (including phenoxy) is 1. The smallest absolute Gasteiger partial charge is 0.226 e. The summed E-state index contributed by atoms with van der Waals surface area (Å²) in [6.45, 7) is 7.35. The minimum absolute atomic E-state index is 0. The molecule has 1 aromatic carbocycles. The van der Waals surface area contributed by atoms with Gasteiger partial charge in [-0.1, -0.05) is 6.07 Å². The number of nitrogens with one attached hydrogen (secondary N) is 1. The maximum atomic E-state index is 12.1. The lowest BCUT2D eigenvalue weighted by Gasteiger charge is -2.17. The van der Waals surface area contributed by atoms with E-state index in [0.29, 0.717) is 18.9 Å². The van der Waals surface area contributed by atoms with E-state index in [1.165, 1.54) is 11.1 Å². The van der Waals surface area contributed by atoms with Crippen molar-refractivity contribution in [3.05, 3.63) is 29.3 Å². The maximum absolute atomic E-state index is 12.1. The third-order valence-electron chi connectivity index (χ3n) is 4.19. The molecule has 0 radical (unpaired) electrons. The number of aryl methyl sites for hydroxylation is 2. The Hall–Kier alpha value is -1.26. The number of hydrogen-bond acceptors (Lipinski definition) is 3. The number of rotatable bonds is 6. The first kappa shape index (κ1) is 18.8. The van der Waals surface area contributed by atoms with Crippen LogP contribution in [0.1, 0.15) is 24.0 Å². The van der Waals surface area contributed by atoms with E-state index in [4.69, 9.17) is 4.74 Å². The van der Waals surface area contributed by atoms with Gasteiger partial charge in [0.2, 0.25) is 5.91 Å². The molecular formula is C17H27ClN2O2. The Morgan fingerprint density at radius 1 is 1.36 bits per heavy atom. The van der Waals surface area contributed by atoms with Crippen LogP contribution in [-0.2, 0) is 4.79 Å². The second kappa shape index (κ2) is 9.01. The van der Waals surface area contributed by atoms with Crippen molar-refractivity contribution in [1.29, 1.82) is 0 Å². The summed E-state index contributed by atoms with van der Waals surface area (Å²) in [7, 11) is 1.96. The van der Waals surface area contributed by atoms with Crippen molar-refractivity contribution in [2.75, 3.05) is 33.3 Å². The van der Waals surface area contributed by atoms with Crippen LogP contribution >= 0.6 is 12.4 Å². The molecule has 1 saturated heterocycles. The standard InChI is InChI=1S/C17H26N2O2.ClH/c1-13-4-5-16(10-14(13)2)21-9-7-17(20)19-8-6-15(12-19)11-18-3;/h4-5,10,15,18H,6-9,11-12H2,1-3H3;1H. The highest BCUT2D eigenvalue weighted by Gasteiger charge is 2.25. The Balaban J connectivity index is 0.00000242. The van der Waals surface area contributed by atoms with Crippen molar-refractivity contribution in [3.63, 3.8) is 0 Å². The fourth-order valence-electron chi connectivity index (χ4n) is 2.73. The number of likely N-dealkylation sites (tertiary alicyclic amines) is 1. The fraction of sp³-hybridized carbons (Fsp3) is 0.588. The number of amides is 1. The lowest BCUT2D eigenvalue weighted by molar-refractivity contribution is -0.130. The summed E-state index contributed by atoms with van der Waals surface area (Å²) in [4.78, 5) is 14.1. The summed E-state index contributed by atoms with van der Waals surface area (Å²) in [6, 6.07) is 6.04. The summed E-state index contributed by atoms with van der Waals surface area (Å²) in [5.41, 5.74) is 2.47. The van der Waals surface area contributed by atoms with E-state index in [-0.39, 0.29) is 18.3 Å². The van der Waals surface area contributed by atoms with Gasteiger partial charge in [0.1, 0.15) is 5.75 Å². The van der Waals surface area contributed by atoms with Crippen molar-refractivity contribution in [2.45, 2.75) is 26.7 Å². The van der Waals surface area contributed by atoms with Crippen molar-refractivity contribution in [3.8, 4) is 5.75 Å². The maximum Gasteiger partial charge on any atom is 0.226 e. The van der Waals surface area contributed by atoms with Crippen molar-refractivity contribution < 1.29 is 9.53 Å². The predicted molar refractivity (Wildman–Crippen MR) is 91.9 cm³/mol. The van der Waals surface area contributed by atoms with Gasteiger partial charge in [-0.3, -0.25) is 4.79 Å². The molecule has 124 valence electrons. The van der Waals surface area contributed by atoms with Crippen LogP contribution in [0.15, 0.2) is 18.2 Å².